The molecule has 0 N–H and O–H groups in total. The van der Waals surface area contributed by atoms with E-state index in [9.17, 15) is 4.79 Å². The molecule has 0 fully saturated rings. The molecular formula is C21H17ClO3. The third kappa shape index (κ3) is 4.85. The van der Waals surface area contributed by atoms with E-state index in [-0.39, 0.29) is 12.6 Å². The molecule has 0 aliphatic carbocycles. The molecule has 4 heteroatoms. The zero-order valence-corrected chi connectivity index (χ0v) is 14.3. The van der Waals surface area contributed by atoms with E-state index in [4.69, 9.17) is 21.1 Å². The Balaban J connectivity index is 1.63. The summed E-state index contributed by atoms with van der Waals surface area (Å²) in [5.41, 5.74) is 2.24. The summed E-state index contributed by atoms with van der Waals surface area (Å²) < 4.78 is 11.2. The highest BCUT2D eigenvalue weighted by Crippen LogP contribution is 2.22. The van der Waals surface area contributed by atoms with E-state index in [2.05, 4.69) is 0 Å². The molecule has 0 saturated carbocycles. The number of carbonyl (C=O) groups is 1. The van der Waals surface area contributed by atoms with Gasteiger partial charge >= 0.3 is 5.97 Å². The smallest absolute Gasteiger partial charge is 0.338 e. The minimum absolute atomic E-state index is 0.177. The van der Waals surface area contributed by atoms with E-state index < -0.39 is 0 Å². The first-order chi connectivity index (χ1) is 12.2. The lowest BCUT2D eigenvalue weighted by molar-refractivity contribution is 0.0472. The summed E-state index contributed by atoms with van der Waals surface area (Å²) in [6.07, 6.45) is 0. The van der Waals surface area contributed by atoms with Gasteiger partial charge in [-0.25, -0.2) is 4.79 Å². The lowest BCUT2D eigenvalue weighted by Gasteiger charge is -2.09. The van der Waals surface area contributed by atoms with Crippen LogP contribution in [0.1, 0.15) is 21.5 Å². The molecule has 0 spiro atoms. The number of alkyl halides is 1. The van der Waals surface area contributed by atoms with Crippen LogP contribution < -0.4 is 4.74 Å². The second kappa shape index (κ2) is 8.36. The van der Waals surface area contributed by atoms with Crippen LogP contribution in [0.25, 0.3) is 0 Å². The van der Waals surface area contributed by atoms with Crippen LogP contribution >= 0.6 is 11.6 Å². The molecule has 0 radical (unpaired) electrons. The second-order valence-corrected chi connectivity index (χ2v) is 5.74. The van der Waals surface area contributed by atoms with Gasteiger partial charge in [-0.1, -0.05) is 42.5 Å². The first-order valence-electron chi connectivity index (χ1n) is 7.88. The van der Waals surface area contributed by atoms with Crippen molar-refractivity contribution in [3.8, 4) is 11.5 Å². The Morgan fingerprint density at radius 3 is 2.32 bits per heavy atom. The number of benzene rings is 3. The van der Waals surface area contributed by atoms with Gasteiger partial charge in [0, 0.05) is 5.88 Å². The highest BCUT2D eigenvalue weighted by molar-refractivity contribution is 6.17. The SMILES string of the molecule is O=C(OCc1cccc(Oc2ccccc2)c1)c1cccc(CCl)c1. The van der Waals surface area contributed by atoms with E-state index in [1.807, 2.05) is 60.7 Å². The molecule has 0 amide bonds. The number of hydrogen-bond acceptors (Lipinski definition) is 3. The van der Waals surface area contributed by atoms with Crippen LogP contribution in [-0.4, -0.2) is 5.97 Å². The summed E-state index contributed by atoms with van der Waals surface area (Å²) >= 11 is 5.79. The Labute approximate surface area is 151 Å². The minimum atomic E-state index is -0.374. The standard InChI is InChI=1S/C21H17ClO3/c22-14-16-6-4-8-18(12-16)21(23)24-15-17-7-5-11-20(13-17)25-19-9-2-1-3-10-19/h1-13H,14-15H2. The minimum Gasteiger partial charge on any atom is -0.457 e. The first kappa shape index (κ1) is 17.1. The summed E-state index contributed by atoms with van der Waals surface area (Å²) in [5.74, 6) is 1.44. The van der Waals surface area contributed by atoms with Gasteiger partial charge in [-0.05, 0) is 47.5 Å². The van der Waals surface area contributed by atoms with Crippen LogP contribution in [0.3, 0.4) is 0 Å². The van der Waals surface area contributed by atoms with Crippen molar-refractivity contribution in [1.29, 1.82) is 0 Å². The predicted octanol–water partition coefficient (Wildman–Crippen LogP) is 5.57. The van der Waals surface area contributed by atoms with Gasteiger partial charge in [0.15, 0.2) is 0 Å². The Kier molecular flexibility index (Phi) is 5.70. The van der Waals surface area contributed by atoms with Crippen molar-refractivity contribution >= 4 is 17.6 Å². The van der Waals surface area contributed by atoms with Gasteiger partial charge in [0.25, 0.3) is 0 Å². The van der Waals surface area contributed by atoms with E-state index >= 15 is 0 Å². The quantitative estimate of drug-likeness (QED) is 0.429. The molecule has 0 heterocycles. The second-order valence-electron chi connectivity index (χ2n) is 5.47. The number of halogens is 1. The van der Waals surface area contributed by atoms with E-state index in [1.54, 1.807) is 18.2 Å². The zero-order chi connectivity index (χ0) is 17.5. The highest BCUT2D eigenvalue weighted by Gasteiger charge is 2.08. The Hall–Kier alpha value is -2.78. The van der Waals surface area contributed by atoms with Crippen molar-refractivity contribution < 1.29 is 14.3 Å². The largest absolute Gasteiger partial charge is 0.457 e. The molecule has 0 bridgehead atoms. The summed E-state index contributed by atoms with van der Waals surface area (Å²) in [6.45, 7) is 0.177. The van der Waals surface area contributed by atoms with Gasteiger partial charge in [-0.2, -0.15) is 0 Å². The molecule has 0 aliphatic heterocycles. The van der Waals surface area contributed by atoms with Gasteiger partial charge < -0.3 is 9.47 Å². The number of hydrogen-bond donors (Lipinski definition) is 0. The Morgan fingerprint density at radius 1 is 0.800 bits per heavy atom. The number of carbonyl (C=O) groups excluding carboxylic acids is 1. The average molecular weight is 353 g/mol. The average Bonchev–Trinajstić information content (AvgIpc) is 2.67. The molecule has 126 valence electrons. The zero-order valence-electron chi connectivity index (χ0n) is 13.5. The van der Waals surface area contributed by atoms with Crippen LogP contribution in [-0.2, 0) is 17.2 Å². The molecule has 3 rings (SSSR count). The van der Waals surface area contributed by atoms with E-state index in [1.165, 1.54) is 0 Å². The fourth-order valence-electron chi connectivity index (χ4n) is 2.34. The number of esters is 1. The highest BCUT2D eigenvalue weighted by atomic mass is 35.5. The molecule has 0 saturated heterocycles. The lowest BCUT2D eigenvalue weighted by atomic mass is 10.1. The van der Waals surface area contributed by atoms with Gasteiger partial charge in [-0.15, -0.1) is 11.6 Å². The Bertz CT molecular complexity index is 847. The lowest BCUT2D eigenvalue weighted by Crippen LogP contribution is -2.05. The molecule has 25 heavy (non-hydrogen) atoms. The maximum Gasteiger partial charge on any atom is 0.338 e. The Morgan fingerprint density at radius 2 is 1.52 bits per heavy atom. The van der Waals surface area contributed by atoms with Gasteiger partial charge in [0.1, 0.15) is 18.1 Å². The fourth-order valence-corrected chi connectivity index (χ4v) is 2.50. The number of ether oxygens (including phenoxy) is 2. The molecule has 0 unspecified atom stereocenters. The summed E-state index contributed by atoms with van der Waals surface area (Å²) in [4.78, 5) is 12.2. The van der Waals surface area contributed by atoms with Gasteiger partial charge in [0.2, 0.25) is 0 Å². The molecule has 3 nitrogen and oxygen atoms in total. The van der Waals surface area contributed by atoms with Crippen molar-refractivity contribution in [2.24, 2.45) is 0 Å². The third-order valence-corrected chi connectivity index (χ3v) is 3.87. The van der Waals surface area contributed by atoms with Gasteiger partial charge in [-0.3, -0.25) is 0 Å². The number of rotatable bonds is 6. The van der Waals surface area contributed by atoms with Crippen molar-refractivity contribution in [3.63, 3.8) is 0 Å². The fraction of sp³-hybridized carbons (Fsp3) is 0.0952. The normalized spacial score (nSPS) is 10.3. The van der Waals surface area contributed by atoms with Crippen molar-refractivity contribution in [1.82, 2.24) is 0 Å². The summed E-state index contributed by atoms with van der Waals surface area (Å²) in [6, 6.07) is 24.1. The van der Waals surface area contributed by atoms with Crippen LogP contribution in [0.5, 0.6) is 11.5 Å². The maximum absolute atomic E-state index is 12.2. The third-order valence-electron chi connectivity index (χ3n) is 3.56. The van der Waals surface area contributed by atoms with E-state index in [0.717, 1.165) is 16.9 Å². The van der Waals surface area contributed by atoms with Crippen molar-refractivity contribution in [3.05, 3.63) is 95.6 Å². The first-order valence-corrected chi connectivity index (χ1v) is 8.42. The summed E-state index contributed by atoms with van der Waals surface area (Å²) in [7, 11) is 0. The van der Waals surface area contributed by atoms with Crippen LogP contribution in [0.4, 0.5) is 0 Å². The molecule has 0 aliphatic rings. The molecular weight excluding hydrogens is 336 g/mol. The van der Waals surface area contributed by atoms with Crippen molar-refractivity contribution in [2.45, 2.75) is 12.5 Å². The molecule has 0 aromatic heterocycles. The number of para-hydroxylation sites is 1. The van der Waals surface area contributed by atoms with E-state index in [0.29, 0.717) is 17.2 Å². The summed E-state index contributed by atoms with van der Waals surface area (Å²) in [5, 5.41) is 0. The monoisotopic (exact) mass is 352 g/mol. The molecule has 3 aromatic carbocycles. The van der Waals surface area contributed by atoms with Crippen LogP contribution in [0, 0.1) is 0 Å². The molecule has 0 atom stereocenters. The van der Waals surface area contributed by atoms with Crippen LogP contribution in [0.2, 0.25) is 0 Å². The van der Waals surface area contributed by atoms with Crippen molar-refractivity contribution in [2.75, 3.05) is 0 Å². The van der Waals surface area contributed by atoms with Crippen LogP contribution in [0.15, 0.2) is 78.9 Å². The molecule has 3 aromatic rings. The predicted molar refractivity (Wildman–Crippen MR) is 98.1 cm³/mol. The maximum atomic E-state index is 12.2. The van der Waals surface area contributed by atoms with Gasteiger partial charge in [0.05, 0.1) is 5.56 Å². The topological polar surface area (TPSA) is 35.5 Å².